The van der Waals surface area contributed by atoms with Crippen LogP contribution in [0.4, 0.5) is 26.3 Å². The van der Waals surface area contributed by atoms with E-state index in [0.29, 0.717) is 0 Å². The molecule has 1 aromatic carbocycles. The Morgan fingerprint density at radius 1 is 1.22 bits per heavy atom. The molecule has 2 amide bonds. The maximum atomic E-state index is 14.9. The first kappa shape index (κ1) is 24.5. The fraction of sp³-hybridized carbons (Fsp3) is 0.545. The Kier molecular flexibility index (Phi) is 5.96. The summed E-state index contributed by atoms with van der Waals surface area (Å²) >= 11 is 0. The van der Waals surface area contributed by atoms with E-state index in [2.05, 4.69) is 15.5 Å². The van der Waals surface area contributed by atoms with Crippen LogP contribution in [0.5, 0.6) is 0 Å². The summed E-state index contributed by atoms with van der Waals surface area (Å²) in [5, 5.41) is 9.09. The molecule has 3 heterocycles. The lowest BCUT2D eigenvalue weighted by Crippen LogP contribution is -2.62. The van der Waals surface area contributed by atoms with Crippen LogP contribution in [0.1, 0.15) is 53.9 Å². The molecule has 0 unspecified atom stereocenters. The van der Waals surface area contributed by atoms with E-state index in [1.807, 2.05) is 0 Å². The molecule has 1 saturated heterocycles. The van der Waals surface area contributed by atoms with Gasteiger partial charge in [-0.2, -0.15) is 22.0 Å². The van der Waals surface area contributed by atoms with E-state index >= 15 is 0 Å². The van der Waals surface area contributed by atoms with Crippen LogP contribution in [-0.4, -0.2) is 58.4 Å². The van der Waals surface area contributed by atoms with Gasteiger partial charge in [0.05, 0.1) is 25.2 Å². The van der Waals surface area contributed by atoms with Gasteiger partial charge in [0.25, 0.3) is 11.8 Å². The van der Waals surface area contributed by atoms with Crippen molar-refractivity contribution in [1.29, 1.82) is 0 Å². The zero-order valence-electron chi connectivity index (χ0n) is 18.6. The second-order valence-corrected chi connectivity index (χ2v) is 9.11. The van der Waals surface area contributed by atoms with Gasteiger partial charge in [-0.1, -0.05) is 6.42 Å². The van der Waals surface area contributed by atoms with Crippen molar-refractivity contribution in [2.45, 2.75) is 56.9 Å². The van der Waals surface area contributed by atoms with Crippen molar-refractivity contribution >= 4 is 11.8 Å². The van der Waals surface area contributed by atoms with Gasteiger partial charge >= 0.3 is 12.6 Å². The largest absolute Gasteiger partial charge is 0.415 e. The normalized spacial score (nSPS) is 23.5. The molecular weight excluding hydrogens is 498 g/mol. The van der Waals surface area contributed by atoms with Crippen LogP contribution in [0.2, 0.25) is 0 Å². The van der Waals surface area contributed by atoms with Crippen molar-refractivity contribution in [2.75, 3.05) is 13.2 Å². The second-order valence-electron chi connectivity index (χ2n) is 9.11. The average molecular weight is 518 g/mol. The number of aromatic nitrogens is 2. The first-order chi connectivity index (χ1) is 17.0. The van der Waals surface area contributed by atoms with E-state index in [0.717, 1.165) is 6.07 Å². The fourth-order valence-electron chi connectivity index (χ4n) is 4.93. The molecule has 5 rings (SSSR count). The standard InChI is InChI=1S/C22H20F6N4O4/c23-13-7-10(17-30-31-18(36-17)16(24)25)6-11-12(13)8-32(19(11)33)15-2-5-35-9-14(15)29-20(34)21(3-1-4-21)22(26,27)28/h6-7,14-16H,1-5,8-9H2,(H,29,34)/t14-,15-/m1/s1. The molecule has 1 saturated carbocycles. The summed E-state index contributed by atoms with van der Waals surface area (Å²) in [4.78, 5) is 27.2. The van der Waals surface area contributed by atoms with Crippen molar-refractivity contribution in [2.24, 2.45) is 5.41 Å². The monoisotopic (exact) mass is 518 g/mol. The number of hydrogen-bond donors (Lipinski definition) is 1. The van der Waals surface area contributed by atoms with E-state index in [-0.39, 0.29) is 62.1 Å². The Morgan fingerprint density at radius 2 is 1.97 bits per heavy atom. The third kappa shape index (κ3) is 3.91. The van der Waals surface area contributed by atoms with Crippen LogP contribution < -0.4 is 5.32 Å². The lowest BCUT2D eigenvalue weighted by Gasteiger charge is -2.44. The summed E-state index contributed by atoms with van der Waals surface area (Å²) in [5.74, 6) is -3.95. The van der Waals surface area contributed by atoms with Crippen molar-refractivity contribution in [1.82, 2.24) is 20.4 Å². The molecular formula is C22H20F6N4O4. The van der Waals surface area contributed by atoms with Crippen LogP contribution in [0.25, 0.3) is 11.5 Å². The number of rotatable bonds is 5. The number of carbonyl (C=O) groups is 2. The molecule has 2 aliphatic heterocycles. The summed E-state index contributed by atoms with van der Waals surface area (Å²) in [6.45, 7) is -0.113. The number of nitrogens with zero attached hydrogens (tertiary/aromatic N) is 3. The maximum Gasteiger partial charge on any atom is 0.403 e. The highest BCUT2D eigenvalue weighted by atomic mass is 19.4. The van der Waals surface area contributed by atoms with Gasteiger partial charge < -0.3 is 19.4 Å². The van der Waals surface area contributed by atoms with Gasteiger partial charge in [0.2, 0.25) is 11.8 Å². The lowest BCUT2D eigenvalue weighted by atomic mass is 9.67. The number of ether oxygens (including phenoxy) is 1. The third-order valence-electron chi connectivity index (χ3n) is 7.11. The van der Waals surface area contributed by atoms with Gasteiger partial charge in [-0.15, -0.1) is 10.2 Å². The Bertz CT molecular complexity index is 1200. The number of halogens is 6. The van der Waals surface area contributed by atoms with Crippen LogP contribution in [0.3, 0.4) is 0 Å². The van der Waals surface area contributed by atoms with Gasteiger partial charge in [0, 0.05) is 23.3 Å². The second kappa shape index (κ2) is 8.75. The summed E-state index contributed by atoms with van der Waals surface area (Å²) in [6.07, 6.45) is -7.88. The summed E-state index contributed by atoms with van der Waals surface area (Å²) < 4.78 is 91.5. The first-order valence-corrected chi connectivity index (χ1v) is 11.2. The minimum absolute atomic E-state index is 0.0275. The molecule has 194 valence electrons. The van der Waals surface area contributed by atoms with Gasteiger partial charge in [0.15, 0.2) is 0 Å². The molecule has 2 aromatic rings. The van der Waals surface area contributed by atoms with E-state index in [4.69, 9.17) is 9.15 Å². The number of carbonyl (C=O) groups excluding carboxylic acids is 2. The molecule has 14 heteroatoms. The van der Waals surface area contributed by atoms with Gasteiger partial charge in [0.1, 0.15) is 11.2 Å². The van der Waals surface area contributed by atoms with Crippen LogP contribution in [0, 0.1) is 11.2 Å². The number of amides is 2. The topological polar surface area (TPSA) is 97.6 Å². The summed E-state index contributed by atoms with van der Waals surface area (Å²) in [7, 11) is 0. The van der Waals surface area contributed by atoms with Gasteiger partial charge in [-0.25, -0.2) is 4.39 Å². The van der Waals surface area contributed by atoms with Gasteiger partial charge in [-0.3, -0.25) is 9.59 Å². The zero-order valence-corrected chi connectivity index (χ0v) is 18.6. The van der Waals surface area contributed by atoms with E-state index in [1.54, 1.807) is 0 Å². The molecule has 36 heavy (non-hydrogen) atoms. The average Bonchev–Trinajstić information content (AvgIpc) is 3.38. The van der Waals surface area contributed by atoms with Crippen LogP contribution in [0.15, 0.2) is 16.5 Å². The van der Waals surface area contributed by atoms with E-state index in [9.17, 15) is 35.9 Å². The van der Waals surface area contributed by atoms with Crippen molar-refractivity contribution in [3.05, 3.63) is 35.0 Å². The molecule has 1 N–H and O–H groups in total. The quantitative estimate of drug-likeness (QED) is 0.606. The molecule has 0 radical (unpaired) electrons. The molecule has 2 fully saturated rings. The Morgan fingerprint density at radius 3 is 2.58 bits per heavy atom. The summed E-state index contributed by atoms with van der Waals surface area (Å²) in [5.41, 5.74) is -2.58. The van der Waals surface area contributed by atoms with Crippen LogP contribution in [-0.2, 0) is 16.1 Å². The SMILES string of the molecule is O=C1c2cc(-c3nnc(C(F)F)o3)cc(F)c2CN1[C@@H]1CCOC[C@H]1NC(=O)C1(C(F)(F)F)CCC1. The van der Waals surface area contributed by atoms with E-state index < -0.39 is 59.5 Å². The smallest absolute Gasteiger partial charge is 0.403 e. The molecule has 2 atom stereocenters. The molecule has 8 nitrogen and oxygen atoms in total. The molecule has 0 bridgehead atoms. The lowest BCUT2D eigenvalue weighted by molar-refractivity contribution is -0.244. The zero-order chi connectivity index (χ0) is 25.8. The van der Waals surface area contributed by atoms with Crippen molar-refractivity contribution in [3.8, 4) is 11.5 Å². The minimum atomic E-state index is -4.71. The molecule has 1 aliphatic carbocycles. The predicted octanol–water partition coefficient (Wildman–Crippen LogP) is 3.78. The van der Waals surface area contributed by atoms with Gasteiger partial charge in [-0.05, 0) is 31.4 Å². The number of alkyl halides is 5. The highest BCUT2D eigenvalue weighted by molar-refractivity contribution is 5.99. The van der Waals surface area contributed by atoms with Crippen molar-refractivity contribution < 1.29 is 45.1 Å². The number of fused-ring (bicyclic) bond motifs is 1. The highest BCUT2D eigenvalue weighted by Gasteiger charge is 2.63. The predicted molar refractivity (Wildman–Crippen MR) is 108 cm³/mol. The molecule has 3 aliphatic rings. The molecule has 1 aromatic heterocycles. The Balaban J connectivity index is 1.38. The van der Waals surface area contributed by atoms with E-state index in [1.165, 1.54) is 11.0 Å². The third-order valence-corrected chi connectivity index (χ3v) is 7.11. The number of hydrogen-bond acceptors (Lipinski definition) is 6. The number of nitrogens with one attached hydrogen (secondary N) is 1. The summed E-state index contributed by atoms with van der Waals surface area (Å²) in [6, 6.07) is 0.537. The molecule has 0 spiro atoms. The minimum Gasteiger partial charge on any atom is -0.415 e. The fourth-order valence-corrected chi connectivity index (χ4v) is 4.93. The number of benzene rings is 1. The van der Waals surface area contributed by atoms with Crippen LogP contribution >= 0.6 is 0 Å². The first-order valence-electron chi connectivity index (χ1n) is 11.2. The Hall–Kier alpha value is -3.16. The van der Waals surface area contributed by atoms with Crippen molar-refractivity contribution in [3.63, 3.8) is 0 Å². The Labute approximate surface area is 200 Å². The highest BCUT2D eigenvalue weighted by Crippen LogP contribution is 2.53. The maximum absolute atomic E-state index is 14.9.